The Labute approximate surface area is 183 Å². The van der Waals surface area contributed by atoms with E-state index in [9.17, 15) is 13.6 Å². The van der Waals surface area contributed by atoms with E-state index in [4.69, 9.17) is 20.9 Å². The van der Waals surface area contributed by atoms with E-state index in [2.05, 4.69) is 15.1 Å². The van der Waals surface area contributed by atoms with Crippen molar-refractivity contribution in [3.05, 3.63) is 69.7 Å². The van der Waals surface area contributed by atoms with E-state index < -0.39 is 11.6 Å². The third-order valence-electron chi connectivity index (χ3n) is 5.03. The molecule has 0 aliphatic heterocycles. The molecule has 3 aromatic heterocycles. The molecule has 0 saturated carbocycles. The molecule has 0 aliphatic carbocycles. The number of nitrogens with zero attached hydrogens (tertiary/aromatic N) is 5. The third kappa shape index (κ3) is 3.15. The molecule has 5 rings (SSSR count). The molecule has 3 heterocycles. The second-order valence-electron chi connectivity index (χ2n) is 6.92. The average molecular weight is 458 g/mol. The highest BCUT2D eigenvalue weighted by atomic mass is 35.5. The summed E-state index contributed by atoms with van der Waals surface area (Å²) in [6.07, 6.45) is 1.46. The van der Waals surface area contributed by atoms with Gasteiger partial charge in [0.1, 0.15) is 29.2 Å². The maximum Gasteiger partial charge on any atom is 0.277 e. The summed E-state index contributed by atoms with van der Waals surface area (Å²) in [5.74, 6) is -1.75. The predicted octanol–water partition coefficient (Wildman–Crippen LogP) is 3.94. The molecule has 0 aliphatic rings. The fourth-order valence-electron chi connectivity index (χ4n) is 3.58. The van der Waals surface area contributed by atoms with Crippen LogP contribution in [0.1, 0.15) is 0 Å². The first kappa shape index (κ1) is 20.3. The SMILES string of the molecule is COCCn1c(=O)c2c(-c3noc(-c4ccc(F)cc4F)n3)ncn2c2cccc(Cl)c21. The molecule has 0 atom stereocenters. The van der Waals surface area contributed by atoms with Gasteiger partial charge in [0.05, 0.1) is 28.2 Å². The van der Waals surface area contributed by atoms with Crippen LogP contribution in [0.2, 0.25) is 5.02 Å². The number of hydrogen-bond donors (Lipinski definition) is 0. The molecular formula is C21H14ClF2N5O3. The summed E-state index contributed by atoms with van der Waals surface area (Å²) >= 11 is 6.40. The van der Waals surface area contributed by atoms with E-state index >= 15 is 0 Å². The van der Waals surface area contributed by atoms with Gasteiger partial charge < -0.3 is 13.8 Å². The minimum Gasteiger partial charge on any atom is -0.383 e. The van der Waals surface area contributed by atoms with E-state index in [0.29, 0.717) is 16.1 Å². The van der Waals surface area contributed by atoms with Crippen molar-refractivity contribution >= 4 is 28.2 Å². The van der Waals surface area contributed by atoms with Gasteiger partial charge in [-0.05, 0) is 24.3 Å². The Morgan fingerprint density at radius 2 is 2.03 bits per heavy atom. The standard InChI is InChI=1S/C21H14ClF2N5O3/c1-31-8-7-28-17-13(22)3-2-4-15(17)29-10-25-16(18(29)21(28)30)19-26-20(32-27-19)12-6-5-11(23)9-14(12)24/h2-6,9-10H,7-8H2,1H3. The van der Waals surface area contributed by atoms with Crippen LogP contribution in [0.25, 0.3) is 39.5 Å². The number of para-hydroxylation sites is 1. The summed E-state index contributed by atoms with van der Waals surface area (Å²) in [6.45, 7) is 0.547. The maximum absolute atomic E-state index is 14.1. The molecule has 0 amide bonds. The molecule has 0 fully saturated rings. The first-order valence-electron chi connectivity index (χ1n) is 9.46. The first-order valence-corrected chi connectivity index (χ1v) is 9.84. The fourth-order valence-corrected chi connectivity index (χ4v) is 3.85. The monoisotopic (exact) mass is 457 g/mol. The Morgan fingerprint density at radius 3 is 2.81 bits per heavy atom. The van der Waals surface area contributed by atoms with Gasteiger partial charge >= 0.3 is 0 Å². The summed E-state index contributed by atoms with van der Waals surface area (Å²) < 4.78 is 40.7. The summed E-state index contributed by atoms with van der Waals surface area (Å²) in [6, 6.07) is 8.25. The van der Waals surface area contributed by atoms with Crippen molar-refractivity contribution in [2.24, 2.45) is 0 Å². The number of ether oxygens (including phenoxy) is 1. The van der Waals surface area contributed by atoms with Crippen LogP contribution in [0.4, 0.5) is 8.78 Å². The van der Waals surface area contributed by atoms with Crippen molar-refractivity contribution in [1.82, 2.24) is 24.1 Å². The van der Waals surface area contributed by atoms with Crippen molar-refractivity contribution in [2.75, 3.05) is 13.7 Å². The van der Waals surface area contributed by atoms with Crippen LogP contribution in [0.15, 0.2) is 52.0 Å². The Kier molecular flexibility index (Phi) is 4.95. The number of hydrogen-bond acceptors (Lipinski definition) is 6. The van der Waals surface area contributed by atoms with Crippen LogP contribution in [0, 0.1) is 11.6 Å². The van der Waals surface area contributed by atoms with Gasteiger partial charge in [-0.15, -0.1) is 0 Å². The molecule has 0 spiro atoms. The largest absolute Gasteiger partial charge is 0.383 e. The topological polar surface area (TPSA) is 87.5 Å². The van der Waals surface area contributed by atoms with E-state index in [1.807, 2.05) is 0 Å². The van der Waals surface area contributed by atoms with E-state index in [1.54, 1.807) is 22.6 Å². The van der Waals surface area contributed by atoms with Gasteiger partial charge in [-0.25, -0.2) is 13.8 Å². The maximum atomic E-state index is 14.1. The lowest BCUT2D eigenvalue weighted by Gasteiger charge is -2.13. The van der Waals surface area contributed by atoms with Gasteiger partial charge in [0.15, 0.2) is 0 Å². The predicted molar refractivity (Wildman–Crippen MR) is 112 cm³/mol. The molecule has 0 radical (unpaired) electrons. The number of halogens is 3. The zero-order valence-corrected chi connectivity index (χ0v) is 17.3. The van der Waals surface area contributed by atoms with Gasteiger partial charge in [-0.3, -0.25) is 9.20 Å². The number of aromatic nitrogens is 5. The summed E-state index contributed by atoms with van der Waals surface area (Å²) in [5.41, 5.74) is 1.09. The van der Waals surface area contributed by atoms with Crippen LogP contribution in [-0.2, 0) is 11.3 Å². The Hall–Kier alpha value is -3.63. The smallest absolute Gasteiger partial charge is 0.277 e. The molecule has 0 saturated heterocycles. The van der Waals surface area contributed by atoms with Crippen LogP contribution in [0.5, 0.6) is 0 Å². The fraction of sp³-hybridized carbons (Fsp3) is 0.143. The molecule has 162 valence electrons. The van der Waals surface area contributed by atoms with E-state index in [-0.39, 0.29) is 47.2 Å². The molecule has 0 bridgehead atoms. The lowest BCUT2D eigenvalue weighted by atomic mass is 10.2. The highest BCUT2D eigenvalue weighted by molar-refractivity contribution is 6.35. The lowest BCUT2D eigenvalue weighted by Crippen LogP contribution is -2.25. The second-order valence-corrected chi connectivity index (χ2v) is 7.32. The molecule has 0 N–H and O–H groups in total. The third-order valence-corrected chi connectivity index (χ3v) is 5.33. The Balaban J connectivity index is 1.73. The highest BCUT2D eigenvalue weighted by Gasteiger charge is 2.22. The first-order chi connectivity index (χ1) is 15.5. The van der Waals surface area contributed by atoms with Crippen LogP contribution >= 0.6 is 11.6 Å². The molecule has 8 nitrogen and oxygen atoms in total. The van der Waals surface area contributed by atoms with Crippen molar-refractivity contribution in [3.8, 4) is 23.0 Å². The second kappa shape index (κ2) is 7.81. The number of rotatable bonds is 5. The highest BCUT2D eigenvalue weighted by Crippen LogP contribution is 2.28. The zero-order valence-electron chi connectivity index (χ0n) is 16.6. The Bertz CT molecular complexity index is 1540. The van der Waals surface area contributed by atoms with Crippen LogP contribution in [-0.4, -0.2) is 37.8 Å². The Morgan fingerprint density at radius 1 is 1.19 bits per heavy atom. The van der Waals surface area contributed by atoms with Gasteiger partial charge in [-0.1, -0.05) is 22.8 Å². The van der Waals surface area contributed by atoms with Crippen molar-refractivity contribution < 1.29 is 18.0 Å². The zero-order chi connectivity index (χ0) is 22.4. The molecule has 5 aromatic rings. The molecule has 0 unspecified atom stereocenters. The van der Waals surface area contributed by atoms with Gasteiger partial charge in [0.2, 0.25) is 5.82 Å². The number of fused-ring (bicyclic) bond motifs is 3. The van der Waals surface area contributed by atoms with Gasteiger partial charge in [-0.2, -0.15) is 4.98 Å². The number of benzene rings is 2. The molecular weight excluding hydrogens is 444 g/mol. The van der Waals surface area contributed by atoms with Gasteiger partial charge in [0, 0.05) is 19.7 Å². The molecule has 11 heteroatoms. The average Bonchev–Trinajstić information content (AvgIpc) is 3.41. The van der Waals surface area contributed by atoms with Gasteiger partial charge in [0.25, 0.3) is 11.4 Å². The number of methoxy groups -OCH3 is 1. The molecule has 2 aromatic carbocycles. The van der Waals surface area contributed by atoms with Crippen molar-refractivity contribution in [3.63, 3.8) is 0 Å². The number of imidazole rings is 1. The van der Waals surface area contributed by atoms with Crippen LogP contribution < -0.4 is 5.56 Å². The lowest BCUT2D eigenvalue weighted by molar-refractivity contribution is 0.187. The molecule has 32 heavy (non-hydrogen) atoms. The van der Waals surface area contributed by atoms with Crippen molar-refractivity contribution in [1.29, 1.82) is 0 Å². The van der Waals surface area contributed by atoms with Crippen molar-refractivity contribution in [2.45, 2.75) is 6.54 Å². The van der Waals surface area contributed by atoms with E-state index in [1.165, 1.54) is 24.1 Å². The summed E-state index contributed by atoms with van der Waals surface area (Å²) in [4.78, 5) is 21.9. The normalized spacial score (nSPS) is 11.6. The van der Waals surface area contributed by atoms with E-state index in [0.717, 1.165) is 12.1 Å². The quantitative estimate of drug-likeness (QED) is 0.397. The summed E-state index contributed by atoms with van der Waals surface area (Å²) in [7, 11) is 1.53. The summed E-state index contributed by atoms with van der Waals surface area (Å²) in [5, 5.41) is 4.26. The minimum absolute atomic E-state index is 0.0111. The van der Waals surface area contributed by atoms with Crippen LogP contribution in [0.3, 0.4) is 0 Å². The minimum atomic E-state index is -0.850.